The van der Waals surface area contributed by atoms with Gasteiger partial charge in [-0.1, -0.05) is 59.8 Å². The molecule has 5 rings (SSSR count). The maximum atomic E-state index is 13.2. The van der Waals surface area contributed by atoms with Crippen molar-refractivity contribution in [1.82, 2.24) is 15.3 Å². The van der Waals surface area contributed by atoms with E-state index in [1.807, 2.05) is 40.3 Å². The van der Waals surface area contributed by atoms with Gasteiger partial charge in [0.05, 0.1) is 16.8 Å². The standard InChI is InChI=1S/C25H28Cl3N5O/c26-18-7-5-17(6-8-18)24-16-22(29-33(24)23-10-9-19(27)15-21(23)28)25(34)30-32-13-11-31(12-14-32)20-3-1-2-4-20/h5-10,15,20,24H,1-4,11-14,16H2,(H,30,34). The topological polar surface area (TPSA) is 51.2 Å². The van der Waals surface area contributed by atoms with E-state index in [4.69, 9.17) is 39.9 Å². The van der Waals surface area contributed by atoms with E-state index in [0.717, 1.165) is 37.8 Å². The number of amides is 1. The molecule has 1 N–H and O–H groups in total. The summed E-state index contributed by atoms with van der Waals surface area (Å²) in [7, 11) is 0. The Balaban J connectivity index is 1.30. The molecule has 180 valence electrons. The minimum atomic E-state index is -0.170. The van der Waals surface area contributed by atoms with Gasteiger partial charge in [0.1, 0.15) is 5.71 Å². The minimum absolute atomic E-state index is 0.166. The van der Waals surface area contributed by atoms with Crippen LogP contribution in [0.5, 0.6) is 0 Å². The molecular formula is C25H28Cl3N5O. The number of piperazine rings is 1. The van der Waals surface area contributed by atoms with Gasteiger partial charge in [-0.25, -0.2) is 5.01 Å². The first kappa shape index (κ1) is 23.9. The lowest BCUT2D eigenvalue weighted by Gasteiger charge is -2.37. The van der Waals surface area contributed by atoms with Gasteiger partial charge in [-0.2, -0.15) is 5.10 Å². The molecule has 34 heavy (non-hydrogen) atoms. The van der Waals surface area contributed by atoms with Crippen LogP contribution in [0.3, 0.4) is 0 Å². The number of rotatable bonds is 5. The molecule has 1 saturated heterocycles. The maximum absolute atomic E-state index is 13.2. The van der Waals surface area contributed by atoms with Crippen LogP contribution in [0.1, 0.15) is 43.7 Å². The molecule has 0 spiro atoms. The predicted octanol–water partition coefficient (Wildman–Crippen LogP) is 5.55. The van der Waals surface area contributed by atoms with Crippen LogP contribution in [-0.4, -0.2) is 53.7 Å². The second-order valence-electron chi connectivity index (χ2n) is 9.16. The molecule has 1 atom stereocenters. The van der Waals surface area contributed by atoms with E-state index in [1.165, 1.54) is 25.7 Å². The molecule has 1 saturated carbocycles. The SMILES string of the molecule is O=C(NN1CCN(C2CCCC2)CC1)C1=NN(c2ccc(Cl)cc2Cl)C(c2ccc(Cl)cc2)C1. The van der Waals surface area contributed by atoms with Crippen LogP contribution in [0.4, 0.5) is 5.69 Å². The van der Waals surface area contributed by atoms with Crippen LogP contribution >= 0.6 is 34.8 Å². The Bertz CT molecular complexity index is 1060. The average Bonchev–Trinajstić information content (AvgIpc) is 3.51. The molecule has 0 bridgehead atoms. The highest BCUT2D eigenvalue weighted by molar-refractivity contribution is 6.40. The largest absolute Gasteiger partial charge is 0.298 e. The van der Waals surface area contributed by atoms with Crippen LogP contribution in [0.15, 0.2) is 47.6 Å². The summed E-state index contributed by atoms with van der Waals surface area (Å²) in [4.78, 5) is 15.8. The number of hydrogen-bond donors (Lipinski definition) is 1. The van der Waals surface area contributed by atoms with Crippen molar-refractivity contribution in [3.05, 3.63) is 63.1 Å². The van der Waals surface area contributed by atoms with Crippen molar-refractivity contribution in [2.75, 3.05) is 31.2 Å². The van der Waals surface area contributed by atoms with Crippen LogP contribution in [0.2, 0.25) is 15.1 Å². The van der Waals surface area contributed by atoms with Crippen molar-refractivity contribution in [3.8, 4) is 0 Å². The number of anilines is 1. The lowest BCUT2D eigenvalue weighted by atomic mass is 10.0. The molecule has 2 aromatic carbocycles. The quantitative estimate of drug-likeness (QED) is 0.562. The zero-order valence-corrected chi connectivity index (χ0v) is 21.2. The van der Waals surface area contributed by atoms with Crippen LogP contribution in [0.25, 0.3) is 0 Å². The first-order chi connectivity index (χ1) is 16.5. The van der Waals surface area contributed by atoms with E-state index in [1.54, 1.807) is 12.1 Å². The van der Waals surface area contributed by atoms with Gasteiger partial charge >= 0.3 is 0 Å². The Labute approximate surface area is 215 Å². The van der Waals surface area contributed by atoms with Crippen molar-refractivity contribution in [2.45, 2.75) is 44.2 Å². The van der Waals surface area contributed by atoms with Gasteiger partial charge in [0, 0.05) is 48.7 Å². The normalized spacial score (nSPS) is 22.3. The number of halogens is 3. The van der Waals surface area contributed by atoms with Crippen molar-refractivity contribution < 1.29 is 4.79 Å². The molecule has 2 fully saturated rings. The monoisotopic (exact) mass is 519 g/mol. The summed E-state index contributed by atoms with van der Waals surface area (Å²) in [6, 6.07) is 13.5. The van der Waals surface area contributed by atoms with E-state index >= 15 is 0 Å². The van der Waals surface area contributed by atoms with E-state index < -0.39 is 0 Å². The third kappa shape index (κ3) is 5.21. The average molecular weight is 521 g/mol. The summed E-state index contributed by atoms with van der Waals surface area (Å²) < 4.78 is 0. The number of carbonyl (C=O) groups is 1. The van der Waals surface area contributed by atoms with E-state index in [-0.39, 0.29) is 11.9 Å². The zero-order chi connectivity index (χ0) is 23.7. The first-order valence-electron chi connectivity index (χ1n) is 11.8. The number of hydrazine groups is 1. The number of hydrogen-bond acceptors (Lipinski definition) is 5. The molecule has 1 amide bonds. The molecule has 0 aromatic heterocycles. The molecule has 0 radical (unpaired) electrons. The summed E-state index contributed by atoms with van der Waals surface area (Å²) in [6.45, 7) is 3.61. The Morgan fingerprint density at radius 3 is 2.26 bits per heavy atom. The summed E-state index contributed by atoms with van der Waals surface area (Å²) in [5, 5.41) is 10.2. The Kier molecular flexibility index (Phi) is 7.32. The maximum Gasteiger partial charge on any atom is 0.281 e. The lowest BCUT2D eigenvalue weighted by Crippen LogP contribution is -2.56. The fourth-order valence-corrected chi connectivity index (χ4v) is 5.78. The number of hydrazone groups is 1. The highest BCUT2D eigenvalue weighted by Gasteiger charge is 2.34. The van der Waals surface area contributed by atoms with Crippen LogP contribution in [0, 0.1) is 0 Å². The fraction of sp³-hybridized carbons (Fsp3) is 0.440. The number of benzene rings is 2. The van der Waals surface area contributed by atoms with Gasteiger partial charge in [0.2, 0.25) is 0 Å². The van der Waals surface area contributed by atoms with Gasteiger partial charge in [-0.3, -0.25) is 20.1 Å². The lowest BCUT2D eigenvalue weighted by molar-refractivity contribution is -0.120. The van der Waals surface area contributed by atoms with E-state index in [0.29, 0.717) is 32.9 Å². The molecule has 2 aliphatic heterocycles. The van der Waals surface area contributed by atoms with Crippen molar-refractivity contribution in [3.63, 3.8) is 0 Å². The molecule has 2 aromatic rings. The Hall–Kier alpha value is -1.83. The van der Waals surface area contributed by atoms with Crippen molar-refractivity contribution in [1.29, 1.82) is 0 Å². The smallest absolute Gasteiger partial charge is 0.281 e. The van der Waals surface area contributed by atoms with Crippen molar-refractivity contribution in [2.24, 2.45) is 5.10 Å². The fourth-order valence-electron chi connectivity index (χ4n) is 5.16. The van der Waals surface area contributed by atoms with Crippen molar-refractivity contribution >= 4 is 52.1 Å². The van der Waals surface area contributed by atoms with Gasteiger partial charge < -0.3 is 0 Å². The molecular weight excluding hydrogens is 493 g/mol. The Morgan fingerprint density at radius 2 is 1.59 bits per heavy atom. The summed E-state index contributed by atoms with van der Waals surface area (Å²) in [5.74, 6) is -0.166. The second kappa shape index (κ2) is 10.4. The van der Waals surface area contributed by atoms with Gasteiger partial charge in [-0.15, -0.1) is 0 Å². The van der Waals surface area contributed by atoms with Crippen LogP contribution in [-0.2, 0) is 4.79 Å². The highest BCUT2D eigenvalue weighted by atomic mass is 35.5. The molecule has 9 heteroatoms. The molecule has 6 nitrogen and oxygen atoms in total. The summed E-state index contributed by atoms with van der Waals surface area (Å²) in [5.41, 5.74) is 5.27. The van der Waals surface area contributed by atoms with Gasteiger partial charge in [0.15, 0.2) is 0 Å². The predicted molar refractivity (Wildman–Crippen MR) is 139 cm³/mol. The molecule has 1 aliphatic carbocycles. The molecule has 2 heterocycles. The molecule has 1 unspecified atom stereocenters. The zero-order valence-electron chi connectivity index (χ0n) is 18.9. The number of nitrogens with one attached hydrogen (secondary N) is 1. The van der Waals surface area contributed by atoms with Crippen LogP contribution < -0.4 is 10.4 Å². The van der Waals surface area contributed by atoms with E-state index in [2.05, 4.69) is 10.3 Å². The Morgan fingerprint density at radius 1 is 0.912 bits per heavy atom. The number of carbonyl (C=O) groups excluding carboxylic acids is 1. The minimum Gasteiger partial charge on any atom is -0.298 e. The summed E-state index contributed by atoms with van der Waals surface area (Å²) in [6.07, 6.45) is 5.75. The van der Waals surface area contributed by atoms with Gasteiger partial charge in [-0.05, 0) is 48.7 Å². The third-order valence-corrected chi connectivity index (χ3v) is 7.79. The third-order valence-electron chi connectivity index (χ3n) is 7.00. The summed E-state index contributed by atoms with van der Waals surface area (Å²) >= 11 is 18.7. The van der Waals surface area contributed by atoms with E-state index in [9.17, 15) is 4.79 Å². The van der Waals surface area contributed by atoms with Gasteiger partial charge in [0.25, 0.3) is 5.91 Å². The second-order valence-corrected chi connectivity index (χ2v) is 10.4. The number of nitrogens with zero attached hydrogens (tertiary/aromatic N) is 4. The highest BCUT2D eigenvalue weighted by Crippen LogP contribution is 2.40. The molecule has 3 aliphatic rings. The first-order valence-corrected chi connectivity index (χ1v) is 13.0.